The summed E-state index contributed by atoms with van der Waals surface area (Å²) in [6.07, 6.45) is 1.29. The van der Waals surface area contributed by atoms with E-state index in [1.807, 2.05) is 0 Å². The van der Waals surface area contributed by atoms with Crippen molar-refractivity contribution in [2.75, 3.05) is 11.9 Å². The van der Waals surface area contributed by atoms with Gasteiger partial charge in [0.15, 0.2) is 0 Å². The van der Waals surface area contributed by atoms with Crippen molar-refractivity contribution in [3.8, 4) is 0 Å². The van der Waals surface area contributed by atoms with E-state index in [1.54, 1.807) is 6.92 Å². The Balaban J connectivity index is 2.78. The van der Waals surface area contributed by atoms with E-state index in [2.05, 4.69) is 15.5 Å². The molecule has 1 aromatic heterocycles. The minimum Gasteiger partial charge on any atom is -0.462 e. The quantitative estimate of drug-likeness (QED) is 0.619. The van der Waals surface area contributed by atoms with E-state index in [4.69, 9.17) is 10.5 Å². The van der Waals surface area contributed by atoms with Crippen LogP contribution in [0.4, 0.5) is 5.82 Å². The molecule has 0 radical (unpaired) electrons. The molecule has 7 nitrogen and oxygen atoms in total. The molecule has 0 aliphatic carbocycles. The second kappa shape index (κ2) is 5.26. The number of ether oxygens (including phenoxy) is 1. The number of hydrogen-bond acceptors (Lipinski definition) is 5. The molecular weight excluding hydrogens is 212 g/mol. The van der Waals surface area contributed by atoms with Crippen molar-refractivity contribution in [3.05, 3.63) is 11.8 Å². The number of nitrogens with one attached hydrogen (secondary N) is 2. The minimum atomic E-state index is -0.668. The molecule has 1 atom stereocenters. The van der Waals surface area contributed by atoms with E-state index < -0.39 is 17.9 Å². The SMILES string of the molecule is CCOC(=O)c1cn[nH]c1NC(=O)C(C)N. The molecule has 1 amide bonds. The molecule has 0 aliphatic rings. The molecule has 88 valence electrons. The van der Waals surface area contributed by atoms with Gasteiger partial charge >= 0.3 is 5.97 Å². The van der Waals surface area contributed by atoms with Crippen LogP contribution >= 0.6 is 0 Å². The predicted octanol–water partition coefficient (Wildman–Crippen LogP) is -0.128. The third kappa shape index (κ3) is 2.80. The first-order chi connectivity index (χ1) is 7.56. The lowest BCUT2D eigenvalue weighted by Crippen LogP contribution is -2.33. The fourth-order valence-electron chi connectivity index (χ4n) is 0.982. The number of esters is 1. The van der Waals surface area contributed by atoms with Gasteiger partial charge in [0, 0.05) is 0 Å². The summed E-state index contributed by atoms with van der Waals surface area (Å²) < 4.78 is 4.79. The van der Waals surface area contributed by atoms with E-state index in [-0.39, 0.29) is 18.0 Å². The minimum absolute atomic E-state index is 0.177. The summed E-state index contributed by atoms with van der Waals surface area (Å²) in [5.41, 5.74) is 5.55. The third-order valence-corrected chi connectivity index (χ3v) is 1.80. The first-order valence-corrected chi connectivity index (χ1v) is 4.83. The van der Waals surface area contributed by atoms with Crippen LogP contribution < -0.4 is 11.1 Å². The van der Waals surface area contributed by atoms with Crippen molar-refractivity contribution in [3.63, 3.8) is 0 Å². The predicted molar refractivity (Wildman–Crippen MR) is 56.8 cm³/mol. The number of rotatable bonds is 4. The van der Waals surface area contributed by atoms with Crippen molar-refractivity contribution in [2.45, 2.75) is 19.9 Å². The topological polar surface area (TPSA) is 110 Å². The maximum absolute atomic E-state index is 11.4. The average molecular weight is 226 g/mol. The van der Waals surface area contributed by atoms with Gasteiger partial charge in [-0.2, -0.15) is 5.10 Å². The Morgan fingerprint density at radius 3 is 2.94 bits per heavy atom. The van der Waals surface area contributed by atoms with Crippen LogP contribution in [0.5, 0.6) is 0 Å². The number of H-pyrrole nitrogens is 1. The van der Waals surface area contributed by atoms with Gasteiger partial charge in [-0.15, -0.1) is 0 Å². The lowest BCUT2D eigenvalue weighted by molar-refractivity contribution is -0.117. The monoisotopic (exact) mass is 226 g/mol. The molecule has 0 aromatic carbocycles. The van der Waals surface area contributed by atoms with Crippen LogP contribution in [-0.2, 0) is 9.53 Å². The zero-order valence-corrected chi connectivity index (χ0v) is 9.11. The standard InChI is InChI=1S/C9H14N4O3/c1-3-16-9(15)6-4-11-13-7(6)12-8(14)5(2)10/h4-5H,3,10H2,1-2H3,(H2,11,12,13,14). The molecule has 0 bridgehead atoms. The summed E-state index contributed by atoms with van der Waals surface area (Å²) in [4.78, 5) is 22.7. The highest BCUT2D eigenvalue weighted by molar-refractivity contribution is 6.01. The van der Waals surface area contributed by atoms with Gasteiger partial charge in [-0.3, -0.25) is 9.89 Å². The number of carbonyl (C=O) groups is 2. The smallest absolute Gasteiger partial charge is 0.343 e. The molecule has 1 unspecified atom stereocenters. The van der Waals surface area contributed by atoms with Crippen LogP contribution in [-0.4, -0.2) is 34.7 Å². The highest BCUT2D eigenvalue weighted by Gasteiger charge is 2.17. The van der Waals surface area contributed by atoms with Gasteiger partial charge in [0.2, 0.25) is 5.91 Å². The molecule has 16 heavy (non-hydrogen) atoms. The Morgan fingerprint density at radius 2 is 2.38 bits per heavy atom. The Kier molecular flexibility index (Phi) is 4.01. The van der Waals surface area contributed by atoms with Crippen molar-refractivity contribution < 1.29 is 14.3 Å². The molecule has 0 spiro atoms. The Morgan fingerprint density at radius 1 is 1.69 bits per heavy atom. The normalized spacial score (nSPS) is 11.9. The molecule has 7 heteroatoms. The second-order valence-electron chi connectivity index (χ2n) is 3.16. The molecular formula is C9H14N4O3. The molecule has 1 rings (SSSR count). The third-order valence-electron chi connectivity index (χ3n) is 1.80. The molecule has 1 aromatic rings. The Bertz CT molecular complexity index is 386. The number of aromatic nitrogens is 2. The van der Waals surface area contributed by atoms with Gasteiger partial charge in [-0.1, -0.05) is 0 Å². The maximum atomic E-state index is 11.4. The van der Waals surface area contributed by atoms with E-state index >= 15 is 0 Å². The Labute approximate surface area is 92.3 Å². The van der Waals surface area contributed by atoms with E-state index in [0.29, 0.717) is 0 Å². The number of carbonyl (C=O) groups excluding carboxylic acids is 2. The maximum Gasteiger partial charge on any atom is 0.343 e. The molecule has 1 heterocycles. The van der Waals surface area contributed by atoms with Crippen molar-refractivity contribution in [1.29, 1.82) is 0 Å². The zero-order chi connectivity index (χ0) is 12.1. The highest BCUT2D eigenvalue weighted by Crippen LogP contribution is 2.12. The molecule has 4 N–H and O–H groups in total. The summed E-state index contributed by atoms with van der Waals surface area (Å²) in [5, 5.41) is 8.60. The van der Waals surface area contributed by atoms with Crippen LogP contribution in [0.3, 0.4) is 0 Å². The van der Waals surface area contributed by atoms with Crippen LogP contribution in [0.15, 0.2) is 6.20 Å². The van der Waals surface area contributed by atoms with Crippen LogP contribution in [0, 0.1) is 0 Å². The van der Waals surface area contributed by atoms with Crippen LogP contribution in [0.2, 0.25) is 0 Å². The first kappa shape index (κ1) is 12.2. The number of nitrogens with zero attached hydrogens (tertiary/aromatic N) is 1. The lowest BCUT2D eigenvalue weighted by atomic mass is 10.3. The number of nitrogens with two attached hydrogens (primary N) is 1. The van der Waals surface area contributed by atoms with Gasteiger partial charge < -0.3 is 15.8 Å². The average Bonchev–Trinajstić information content (AvgIpc) is 2.66. The van der Waals surface area contributed by atoms with Crippen LogP contribution in [0.1, 0.15) is 24.2 Å². The van der Waals surface area contributed by atoms with Crippen LogP contribution in [0.25, 0.3) is 0 Å². The van der Waals surface area contributed by atoms with E-state index in [9.17, 15) is 9.59 Å². The van der Waals surface area contributed by atoms with Gasteiger partial charge in [0.25, 0.3) is 0 Å². The zero-order valence-electron chi connectivity index (χ0n) is 9.11. The molecule has 0 aliphatic heterocycles. The van der Waals surface area contributed by atoms with Gasteiger partial charge in [-0.25, -0.2) is 4.79 Å². The number of amides is 1. The van der Waals surface area contributed by atoms with Gasteiger partial charge in [-0.05, 0) is 13.8 Å². The summed E-state index contributed by atoms with van der Waals surface area (Å²) in [7, 11) is 0. The van der Waals surface area contributed by atoms with Crippen molar-refractivity contribution in [1.82, 2.24) is 10.2 Å². The second-order valence-corrected chi connectivity index (χ2v) is 3.16. The number of anilines is 1. The highest BCUT2D eigenvalue weighted by atomic mass is 16.5. The summed E-state index contributed by atoms with van der Waals surface area (Å²) >= 11 is 0. The summed E-state index contributed by atoms with van der Waals surface area (Å²) in [6.45, 7) is 3.48. The lowest BCUT2D eigenvalue weighted by Gasteiger charge is -2.07. The summed E-state index contributed by atoms with van der Waals surface area (Å²) in [5.74, 6) is -0.758. The molecule has 0 fully saturated rings. The summed E-state index contributed by atoms with van der Waals surface area (Å²) in [6, 6.07) is -0.668. The van der Waals surface area contributed by atoms with Gasteiger partial charge in [0.1, 0.15) is 11.4 Å². The first-order valence-electron chi connectivity index (χ1n) is 4.83. The van der Waals surface area contributed by atoms with Gasteiger partial charge in [0.05, 0.1) is 18.8 Å². The fraction of sp³-hybridized carbons (Fsp3) is 0.444. The fourth-order valence-corrected chi connectivity index (χ4v) is 0.982. The van der Waals surface area contributed by atoms with E-state index in [0.717, 1.165) is 0 Å². The number of hydrogen-bond donors (Lipinski definition) is 3. The Hall–Kier alpha value is -1.89. The molecule has 0 saturated carbocycles. The van der Waals surface area contributed by atoms with E-state index in [1.165, 1.54) is 13.1 Å². The number of aromatic amines is 1. The van der Waals surface area contributed by atoms with Crippen molar-refractivity contribution in [2.24, 2.45) is 5.73 Å². The largest absolute Gasteiger partial charge is 0.462 e. The van der Waals surface area contributed by atoms with Crippen molar-refractivity contribution >= 4 is 17.7 Å². The molecule has 0 saturated heterocycles.